The Labute approximate surface area is 218 Å². The monoisotopic (exact) mass is 504 g/mol. The van der Waals surface area contributed by atoms with E-state index in [1.165, 1.54) is 29.1 Å². The topological polar surface area (TPSA) is 127 Å². The maximum absolute atomic E-state index is 12.5. The predicted octanol–water partition coefficient (Wildman–Crippen LogP) is 5.03. The normalized spacial score (nSPS) is 14.6. The van der Waals surface area contributed by atoms with Crippen LogP contribution < -0.4 is 11.5 Å². The molecule has 0 saturated heterocycles. The van der Waals surface area contributed by atoms with Gasteiger partial charge >= 0.3 is 0 Å². The Kier molecular flexibility index (Phi) is 8.58. The van der Waals surface area contributed by atoms with E-state index in [4.69, 9.17) is 11.5 Å². The predicted molar refractivity (Wildman–Crippen MR) is 143 cm³/mol. The Morgan fingerprint density at radius 3 is 1.08 bits per heavy atom. The van der Waals surface area contributed by atoms with Crippen LogP contribution in [0.3, 0.4) is 0 Å². The molecule has 0 spiro atoms. The average molecular weight is 505 g/mol. The summed E-state index contributed by atoms with van der Waals surface area (Å²) >= 11 is 0. The largest absolute Gasteiger partial charge is 0.399 e. The summed E-state index contributed by atoms with van der Waals surface area (Å²) < 4.78 is 0. The molecule has 4 N–H and O–H groups in total. The average Bonchev–Trinajstić information content (AvgIpc) is 3.25. The van der Waals surface area contributed by atoms with Gasteiger partial charge in [-0.3, -0.25) is 29.0 Å². The summed E-state index contributed by atoms with van der Waals surface area (Å²) in [6.07, 6.45) is 11.7. The number of unbranched alkanes of at least 4 members (excludes halogenated alkanes) is 10. The summed E-state index contributed by atoms with van der Waals surface area (Å²) in [5.41, 5.74) is 14.2. The second-order valence-corrected chi connectivity index (χ2v) is 10.0. The van der Waals surface area contributed by atoms with Gasteiger partial charge in [-0.1, -0.05) is 57.8 Å². The Morgan fingerprint density at radius 2 is 0.730 bits per heavy atom. The first-order chi connectivity index (χ1) is 17.9. The summed E-state index contributed by atoms with van der Waals surface area (Å²) in [5, 5.41) is 0. The van der Waals surface area contributed by atoms with Gasteiger partial charge in [-0.25, -0.2) is 0 Å². The lowest BCUT2D eigenvalue weighted by atomic mass is 10.1. The smallest absolute Gasteiger partial charge is 0.261 e. The van der Waals surface area contributed by atoms with Crippen LogP contribution in [0.4, 0.5) is 11.4 Å². The molecule has 2 aliphatic rings. The van der Waals surface area contributed by atoms with E-state index in [-0.39, 0.29) is 23.6 Å². The molecule has 0 fully saturated rings. The Bertz CT molecular complexity index is 1100. The molecule has 0 aromatic heterocycles. The molecule has 0 bridgehead atoms. The Balaban J connectivity index is 0.992. The molecule has 0 saturated carbocycles. The number of fused-ring (bicyclic) bond motifs is 2. The van der Waals surface area contributed by atoms with E-state index in [0.29, 0.717) is 46.7 Å². The molecule has 8 heteroatoms. The van der Waals surface area contributed by atoms with Gasteiger partial charge in [0.05, 0.1) is 22.3 Å². The number of nitrogens with zero attached hydrogens (tertiary/aromatic N) is 2. The lowest BCUT2D eigenvalue weighted by Gasteiger charge is -2.13. The highest BCUT2D eigenvalue weighted by Crippen LogP contribution is 2.26. The molecule has 0 unspecified atom stereocenters. The van der Waals surface area contributed by atoms with Crippen molar-refractivity contribution in [3.63, 3.8) is 0 Å². The first kappa shape index (κ1) is 26.4. The second kappa shape index (κ2) is 12.0. The zero-order valence-corrected chi connectivity index (χ0v) is 21.3. The molecular formula is C29H36N4O4. The maximum atomic E-state index is 12.5. The van der Waals surface area contributed by atoms with E-state index in [9.17, 15) is 19.2 Å². The maximum Gasteiger partial charge on any atom is 0.261 e. The van der Waals surface area contributed by atoms with Crippen molar-refractivity contribution in [1.82, 2.24) is 9.80 Å². The van der Waals surface area contributed by atoms with Crippen molar-refractivity contribution >= 4 is 35.0 Å². The molecule has 0 radical (unpaired) electrons. The summed E-state index contributed by atoms with van der Waals surface area (Å²) in [6, 6.07) is 9.75. The van der Waals surface area contributed by atoms with Crippen molar-refractivity contribution in [2.75, 3.05) is 24.6 Å². The van der Waals surface area contributed by atoms with Crippen LogP contribution in [0.5, 0.6) is 0 Å². The second-order valence-electron chi connectivity index (χ2n) is 10.0. The van der Waals surface area contributed by atoms with Crippen LogP contribution in [0.25, 0.3) is 0 Å². The minimum Gasteiger partial charge on any atom is -0.399 e. The SMILES string of the molecule is Nc1ccc2c(c1)C(=O)N(CCCCCCCCCCCCCN1C(=O)c3ccc(N)cc3C1=O)C2=O. The zero-order chi connectivity index (χ0) is 26.4. The summed E-state index contributed by atoms with van der Waals surface area (Å²) in [5.74, 6) is -0.898. The van der Waals surface area contributed by atoms with E-state index in [1.54, 1.807) is 36.4 Å². The standard InChI is InChI=1S/C29H36N4O4/c30-20-12-14-22-24(18-20)28(36)32(26(22)34)16-10-8-6-4-2-1-3-5-7-9-11-17-33-27(35)23-15-13-21(31)19-25(23)29(33)37/h12-15,18-19H,1-11,16-17,30-31H2. The third-order valence-electron chi connectivity index (χ3n) is 7.25. The van der Waals surface area contributed by atoms with Gasteiger partial charge in [-0.15, -0.1) is 0 Å². The quantitative estimate of drug-likeness (QED) is 0.211. The molecule has 2 aromatic carbocycles. The summed E-state index contributed by atoms with van der Waals surface area (Å²) in [7, 11) is 0. The van der Waals surface area contributed by atoms with Crippen LogP contribution in [0, 0.1) is 0 Å². The number of amides is 4. The summed E-state index contributed by atoms with van der Waals surface area (Å²) in [6.45, 7) is 0.919. The van der Waals surface area contributed by atoms with Crippen molar-refractivity contribution < 1.29 is 19.2 Å². The number of rotatable bonds is 14. The van der Waals surface area contributed by atoms with Gasteiger partial charge in [-0.05, 0) is 49.2 Å². The third-order valence-corrected chi connectivity index (χ3v) is 7.25. The number of nitrogen functional groups attached to an aromatic ring is 2. The van der Waals surface area contributed by atoms with Gasteiger partial charge in [0.25, 0.3) is 23.6 Å². The molecule has 8 nitrogen and oxygen atoms in total. The molecule has 0 aliphatic carbocycles. The number of anilines is 2. The molecule has 37 heavy (non-hydrogen) atoms. The van der Waals surface area contributed by atoms with Gasteiger partial charge in [0.1, 0.15) is 0 Å². The van der Waals surface area contributed by atoms with Crippen LogP contribution in [-0.2, 0) is 0 Å². The van der Waals surface area contributed by atoms with Crippen LogP contribution in [0.1, 0.15) is 112 Å². The lowest BCUT2D eigenvalue weighted by molar-refractivity contribution is 0.0636. The zero-order valence-electron chi connectivity index (χ0n) is 21.3. The first-order valence-corrected chi connectivity index (χ1v) is 13.4. The van der Waals surface area contributed by atoms with Gasteiger partial charge in [0.2, 0.25) is 0 Å². The van der Waals surface area contributed by atoms with Crippen molar-refractivity contribution in [1.29, 1.82) is 0 Å². The highest BCUT2D eigenvalue weighted by atomic mass is 16.2. The van der Waals surface area contributed by atoms with Gasteiger partial charge in [-0.2, -0.15) is 0 Å². The van der Waals surface area contributed by atoms with Gasteiger partial charge in [0.15, 0.2) is 0 Å². The first-order valence-electron chi connectivity index (χ1n) is 13.4. The van der Waals surface area contributed by atoms with E-state index in [0.717, 1.165) is 51.4 Å². The van der Waals surface area contributed by atoms with Gasteiger partial charge < -0.3 is 11.5 Å². The van der Waals surface area contributed by atoms with Crippen molar-refractivity contribution in [2.24, 2.45) is 0 Å². The number of hydrogen-bond acceptors (Lipinski definition) is 6. The molecule has 2 heterocycles. The van der Waals surface area contributed by atoms with Crippen LogP contribution in [-0.4, -0.2) is 46.5 Å². The van der Waals surface area contributed by atoms with E-state index in [1.807, 2.05) is 0 Å². The van der Waals surface area contributed by atoms with Crippen LogP contribution in [0.2, 0.25) is 0 Å². The number of hydrogen-bond donors (Lipinski definition) is 2. The molecular weight excluding hydrogens is 468 g/mol. The Hall–Kier alpha value is -3.68. The minimum atomic E-state index is -0.235. The highest BCUT2D eigenvalue weighted by Gasteiger charge is 2.35. The molecule has 0 atom stereocenters. The third kappa shape index (κ3) is 6.01. The Morgan fingerprint density at radius 1 is 0.432 bits per heavy atom. The molecule has 2 aliphatic heterocycles. The van der Waals surface area contributed by atoms with E-state index < -0.39 is 0 Å². The fourth-order valence-corrected chi connectivity index (χ4v) is 5.15. The van der Waals surface area contributed by atoms with Crippen LogP contribution in [0.15, 0.2) is 36.4 Å². The number of benzene rings is 2. The lowest BCUT2D eigenvalue weighted by Crippen LogP contribution is -2.30. The number of carbonyl (C=O) groups excluding carboxylic acids is 4. The van der Waals surface area contributed by atoms with E-state index >= 15 is 0 Å². The van der Waals surface area contributed by atoms with E-state index in [2.05, 4.69) is 0 Å². The fraction of sp³-hybridized carbons (Fsp3) is 0.448. The van der Waals surface area contributed by atoms with Crippen molar-refractivity contribution in [3.05, 3.63) is 58.7 Å². The van der Waals surface area contributed by atoms with Crippen molar-refractivity contribution in [3.8, 4) is 0 Å². The van der Waals surface area contributed by atoms with Gasteiger partial charge in [0, 0.05) is 24.5 Å². The number of carbonyl (C=O) groups is 4. The number of imide groups is 2. The highest BCUT2D eigenvalue weighted by molar-refractivity contribution is 6.22. The molecule has 196 valence electrons. The van der Waals surface area contributed by atoms with Crippen molar-refractivity contribution in [2.45, 2.75) is 70.6 Å². The molecule has 2 aromatic rings. The summed E-state index contributed by atoms with van der Waals surface area (Å²) in [4.78, 5) is 52.5. The minimum absolute atomic E-state index is 0.214. The molecule has 4 amide bonds. The van der Waals surface area contributed by atoms with Crippen LogP contribution >= 0.6 is 0 Å². The molecule has 4 rings (SSSR count). The number of nitrogens with two attached hydrogens (primary N) is 2. The fourth-order valence-electron chi connectivity index (χ4n) is 5.15.